The van der Waals surface area contributed by atoms with Crippen LogP contribution in [-0.4, -0.2) is 59.6 Å². The van der Waals surface area contributed by atoms with Crippen molar-refractivity contribution in [2.45, 2.75) is 38.3 Å². The number of halogens is 1. The number of amides is 3. The fraction of sp³-hybridized carbons (Fsp3) is 0.556. The minimum atomic E-state index is -0.765. The van der Waals surface area contributed by atoms with E-state index in [2.05, 4.69) is 10.2 Å². The monoisotopic (exact) mass is 349 g/mol. The van der Waals surface area contributed by atoms with Gasteiger partial charge >= 0.3 is 6.03 Å². The van der Waals surface area contributed by atoms with E-state index < -0.39 is 5.54 Å². The van der Waals surface area contributed by atoms with Gasteiger partial charge in [0.1, 0.15) is 17.1 Å². The summed E-state index contributed by atoms with van der Waals surface area (Å²) < 4.78 is 18.4. The normalized spacial score (nSPS) is 23.8. The SMILES string of the molecule is CC(C)N1C(=O)N[C@@]2(CCN(CCCOc3ccc(F)cc3)C2)C1=O. The number of carbonyl (C=O) groups excluding carboxylic acids is 2. The van der Waals surface area contributed by atoms with Gasteiger partial charge in [0.25, 0.3) is 5.91 Å². The summed E-state index contributed by atoms with van der Waals surface area (Å²) in [6, 6.07) is 5.52. The molecule has 1 aromatic rings. The number of urea groups is 1. The molecule has 0 bridgehead atoms. The molecule has 2 aliphatic heterocycles. The van der Waals surface area contributed by atoms with Gasteiger partial charge in [-0.15, -0.1) is 0 Å². The Hall–Kier alpha value is -2.15. The van der Waals surface area contributed by atoms with Crippen molar-refractivity contribution in [3.05, 3.63) is 30.1 Å². The smallest absolute Gasteiger partial charge is 0.325 e. The molecule has 0 unspecified atom stereocenters. The van der Waals surface area contributed by atoms with Gasteiger partial charge in [0.2, 0.25) is 0 Å². The summed E-state index contributed by atoms with van der Waals surface area (Å²) in [6.07, 6.45) is 1.43. The minimum Gasteiger partial charge on any atom is -0.494 e. The first-order valence-corrected chi connectivity index (χ1v) is 8.68. The molecule has 1 N–H and O–H groups in total. The fourth-order valence-corrected chi connectivity index (χ4v) is 3.48. The third-order valence-corrected chi connectivity index (χ3v) is 4.76. The van der Waals surface area contributed by atoms with Crippen LogP contribution in [-0.2, 0) is 4.79 Å². The second-order valence-electron chi connectivity index (χ2n) is 6.96. The number of hydrogen-bond acceptors (Lipinski definition) is 4. The maximum absolute atomic E-state index is 12.8. The predicted molar refractivity (Wildman–Crippen MR) is 90.8 cm³/mol. The maximum atomic E-state index is 12.8. The lowest BCUT2D eigenvalue weighted by Gasteiger charge is -2.23. The highest BCUT2D eigenvalue weighted by Gasteiger charge is 2.54. The fourth-order valence-electron chi connectivity index (χ4n) is 3.48. The number of rotatable bonds is 6. The Balaban J connectivity index is 1.46. The third kappa shape index (κ3) is 3.61. The van der Waals surface area contributed by atoms with Crippen LogP contribution < -0.4 is 10.1 Å². The number of ether oxygens (including phenoxy) is 1. The molecule has 2 saturated heterocycles. The first kappa shape index (κ1) is 17.7. The van der Waals surface area contributed by atoms with E-state index in [0.717, 1.165) is 19.5 Å². The molecule has 25 heavy (non-hydrogen) atoms. The zero-order chi connectivity index (χ0) is 18.0. The summed E-state index contributed by atoms with van der Waals surface area (Å²) in [5, 5.41) is 2.89. The maximum Gasteiger partial charge on any atom is 0.325 e. The summed E-state index contributed by atoms with van der Waals surface area (Å²) in [4.78, 5) is 28.2. The number of likely N-dealkylation sites (tertiary alicyclic amines) is 1. The van der Waals surface area contributed by atoms with Crippen LogP contribution >= 0.6 is 0 Å². The molecule has 2 fully saturated rings. The Kier molecular flexibility index (Phi) is 4.94. The molecular weight excluding hydrogens is 325 g/mol. The highest BCUT2D eigenvalue weighted by molar-refractivity contribution is 6.07. The molecule has 2 aliphatic rings. The van der Waals surface area contributed by atoms with E-state index in [4.69, 9.17) is 4.74 Å². The molecule has 0 radical (unpaired) electrons. The molecule has 0 aromatic heterocycles. The number of nitrogens with zero attached hydrogens (tertiary/aromatic N) is 2. The molecule has 7 heteroatoms. The van der Waals surface area contributed by atoms with E-state index in [-0.39, 0.29) is 23.8 Å². The average Bonchev–Trinajstić information content (AvgIpc) is 3.07. The lowest BCUT2D eigenvalue weighted by Crippen LogP contribution is -2.49. The van der Waals surface area contributed by atoms with Crippen molar-refractivity contribution < 1.29 is 18.7 Å². The molecule has 136 valence electrons. The average molecular weight is 349 g/mol. The van der Waals surface area contributed by atoms with E-state index in [1.807, 2.05) is 13.8 Å². The molecule has 1 aromatic carbocycles. The lowest BCUT2D eigenvalue weighted by atomic mass is 9.98. The Morgan fingerprint density at radius 3 is 2.64 bits per heavy atom. The quantitative estimate of drug-likeness (QED) is 0.630. The Bertz CT molecular complexity index is 649. The first-order chi connectivity index (χ1) is 11.9. The van der Waals surface area contributed by atoms with Crippen molar-refractivity contribution in [2.24, 2.45) is 0 Å². The van der Waals surface area contributed by atoms with Crippen molar-refractivity contribution >= 4 is 11.9 Å². The van der Waals surface area contributed by atoms with Crippen LogP contribution in [0.3, 0.4) is 0 Å². The van der Waals surface area contributed by atoms with Crippen molar-refractivity contribution in [3.8, 4) is 5.75 Å². The van der Waals surface area contributed by atoms with Crippen LogP contribution in [0.15, 0.2) is 24.3 Å². The molecular formula is C18H24FN3O3. The Morgan fingerprint density at radius 1 is 1.28 bits per heavy atom. The highest BCUT2D eigenvalue weighted by Crippen LogP contribution is 2.29. The van der Waals surface area contributed by atoms with Gasteiger partial charge in [-0.2, -0.15) is 0 Å². The van der Waals surface area contributed by atoms with E-state index >= 15 is 0 Å². The largest absolute Gasteiger partial charge is 0.494 e. The molecule has 3 amide bonds. The van der Waals surface area contributed by atoms with Crippen LogP contribution in [0.1, 0.15) is 26.7 Å². The minimum absolute atomic E-state index is 0.113. The number of imide groups is 1. The first-order valence-electron chi connectivity index (χ1n) is 8.68. The standard InChI is InChI=1S/C18H24FN3O3/c1-13(2)22-16(23)18(20-17(22)24)8-10-21(12-18)9-3-11-25-15-6-4-14(19)5-7-15/h4-7,13H,3,8-12H2,1-2H3,(H,20,24)/t18-/m1/s1. The third-order valence-electron chi connectivity index (χ3n) is 4.76. The van der Waals surface area contributed by atoms with Crippen molar-refractivity contribution in [2.75, 3.05) is 26.2 Å². The number of carbonyl (C=O) groups is 2. The van der Waals surface area contributed by atoms with E-state index in [0.29, 0.717) is 25.3 Å². The number of hydrogen-bond donors (Lipinski definition) is 1. The van der Waals surface area contributed by atoms with Gasteiger partial charge in [-0.25, -0.2) is 9.18 Å². The van der Waals surface area contributed by atoms with Crippen LogP contribution in [0.25, 0.3) is 0 Å². The number of benzene rings is 1. The van der Waals surface area contributed by atoms with Crippen LogP contribution in [0.2, 0.25) is 0 Å². The van der Waals surface area contributed by atoms with Crippen molar-refractivity contribution in [3.63, 3.8) is 0 Å². The second-order valence-corrected chi connectivity index (χ2v) is 6.96. The second kappa shape index (κ2) is 7.00. The summed E-state index contributed by atoms with van der Waals surface area (Å²) in [7, 11) is 0. The van der Waals surface area contributed by atoms with Crippen molar-refractivity contribution in [1.82, 2.24) is 15.1 Å². The van der Waals surface area contributed by atoms with E-state index in [1.54, 1.807) is 12.1 Å². The van der Waals surface area contributed by atoms with Crippen molar-refractivity contribution in [1.29, 1.82) is 0 Å². The summed E-state index contributed by atoms with van der Waals surface area (Å²) in [5.74, 6) is 0.246. The zero-order valence-corrected chi connectivity index (χ0v) is 14.6. The van der Waals surface area contributed by atoms with Gasteiger partial charge in [0, 0.05) is 25.7 Å². The molecule has 1 atom stereocenters. The topological polar surface area (TPSA) is 61.9 Å². The molecule has 1 spiro atoms. The van der Waals surface area contributed by atoms with Gasteiger partial charge in [-0.05, 0) is 51.0 Å². The Labute approximate surface area is 146 Å². The molecule has 3 rings (SSSR count). The van der Waals surface area contributed by atoms with Gasteiger partial charge in [-0.3, -0.25) is 9.69 Å². The van der Waals surface area contributed by atoms with E-state index in [9.17, 15) is 14.0 Å². The zero-order valence-electron chi connectivity index (χ0n) is 14.6. The predicted octanol–water partition coefficient (Wildman–Crippen LogP) is 2.00. The van der Waals surface area contributed by atoms with Crippen LogP contribution in [0.5, 0.6) is 5.75 Å². The molecule has 2 heterocycles. The van der Waals surface area contributed by atoms with Gasteiger partial charge in [-0.1, -0.05) is 0 Å². The number of nitrogens with one attached hydrogen (secondary N) is 1. The summed E-state index contributed by atoms with van der Waals surface area (Å²) >= 11 is 0. The van der Waals surface area contributed by atoms with E-state index in [1.165, 1.54) is 17.0 Å². The van der Waals surface area contributed by atoms with Gasteiger partial charge in [0.15, 0.2) is 0 Å². The van der Waals surface area contributed by atoms with Gasteiger partial charge < -0.3 is 15.0 Å². The summed E-state index contributed by atoms with van der Waals surface area (Å²) in [6.45, 7) is 6.30. The molecule has 6 nitrogen and oxygen atoms in total. The Morgan fingerprint density at radius 2 is 2.00 bits per heavy atom. The molecule has 0 saturated carbocycles. The highest BCUT2D eigenvalue weighted by atomic mass is 19.1. The van der Waals surface area contributed by atoms with Gasteiger partial charge in [0.05, 0.1) is 6.61 Å². The summed E-state index contributed by atoms with van der Waals surface area (Å²) in [5.41, 5.74) is -0.765. The molecule has 0 aliphatic carbocycles. The van der Waals surface area contributed by atoms with Crippen LogP contribution in [0.4, 0.5) is 9.18 Å². The van der Waals surface area contributed by atoms with Crippen LogP contribution in [0, 0.1) is 5.82 Å². The lowest BCUT2D eigenvalue weighted by molar-refractivity contribution is -0.132.